The molecule has 0 aromatic rings. The SMILES string of the molecule is N#CC1C(N2C3=CCCC=C3C3CCC4SC5=C(CCCC5)C4C32)=NC(C2C=CC(C3C=CCCC3)CC2)NC1C1C=CC=CC1. The van der Waals surface area contributed by atoms with Crippen LogP contribution >= 0.6 is 11.8 Å². The largest absolute Gasteiger partial charge is 0.325 e. The van der Waals surface area contributed by atoms with E-state index in [9.17, 15) is 5.26 Å². The lowest BCUT2D eigenvalue weighted by Crippen LogP contribution is -2.60. The number of hydrogen-bond donors (Lipinski definition) is 1. The van der Waals surface area contributed by atoms with E-state index in [1.165, 1.54) is 76.3 Å². The van der Waals surface area contributed by atoms with Crippen LogP contribution in [-0.2, 0) is 0 Å². The van der Waals surface area contributed by atoms with Crippen molar-refractivity contribution >= 4 is 17.6 Å². The van der Waals surface area contributed by atoms with Crippen LogP contribution in [-0.4, -0.2) is 34.2 Å². The van der Waals surface area contributed by atoms with Crippen LogP contribution in [0.1, 0.15) is 89.9 Å². The Bertz CT molecular complexity index is 1520. The van der Waals surface area contributed by atoms with Gasteiger partial charge in [-0.3, -0.25) is 10.3 Å². The van der Waals surface area contributed by atoms with Crippen molar-refractivity contribution in [3.05, 3.63) is 82.5 Å². The maximum atomic E-state index is 11.1. The molecule has 1 N–H and O–H groups in total. The van der Waals surface area contributed by atoms with Gasteiger partial charge in [0.1, 0.15) is 17.9 Å². The van der Waals surface area contributed by atoms with E-state index in [-0.39, 0.29) is 18.1 Å². The summed E-state index contributed by atoms with van der Waals surface area (Å²) in [5, 5.41) is 15.8. The van der Waals surface area contributed by atoms with Gasteiger partial charge in [-0.1, -0.05) is 66.3 Å². The lowest BCUT2D eigenvalue weighted by Gasteiger charge is -2.47. The summed E-state index contributed by atoms with van der Waals surface area (Å²) in [6.45, 7) is 0. The molecule has 240 valence electrons. The van der Waals surface area contributed by atoms with Gasteiger partial charge in [-0.05, 0) is 118 Å². The zero-order valence-corrected chi connectivity index (χ0v) is 28.1. The fraction of sp³-hybridized carbons (Fsp3) is 0.610. The molecule has 5 heteroatoms. The molecular formula is C41H50N4S. The van der Waals surface area contributed by atoms with Crippen molar-refractivity contribution in [3.8, 4) is 6.07 Å². The molecule has 0 radical (unpaired) electrons. The molecule has 6 aliphatic carbocycles. The quantitative estimate of drug-likeness (QED) is 0.316. The molecule has 0 amide bonds. The van der Waals surface area contributed by atoms with E-state index in [4.69, 9.17) is 4.99 Å². The minimum Gasteiger partial charge on any atom is -0.325 e. The summed E-state index contributed by atoms with van der Waals surface area (Å²) in [7, 11) is 0. The Morgan fingerprint density at radius 1 is 0.826 bits per heavy atom. The van der Waals surface area contributed by atoms with Crippen LogP contribution in [0.5, 0.6) is 0 Å². The number of amidine groups is 1. The molecule has 0 aromatic carbocycles. The van der Waals surface area contributed by atoms with E-state index in [2.05, 4.69) is 88.8 Å². The smallest absolute Gasteiger partial charge is 0.125 e. The standard InChI is InChI=1S/C41H50N4S/c42-25-33-38(28-13-5-2-6-14-28)43-40(29-21-19-27(20-22-29)26-11-3-1-4-12-26)44-41(33)45-34-17-9-7-15-30(34)31-23-24-36-37(39(31)45)32-16-8-10-18-35(32)46-36/h2-3,5-6,11,13,15,17,19,21,26-29,31,33,36-40,43H,1,4,7-10,12,14,16,18,20,22-24H2. The lowest BCUT2D eigenvalue weighted by atomic mass is 9.70. The molecule has 0 bridgehead atoms. The Morgan fingerprint density at radius 2 is 1.70 bits per heavy atom. The van der Waals surface area contributed by atoms with Gasteiger partial charge in [0.15, 0.2) is 0 Å². The number of aliphatic imine (C=N–C) groups is 1. The van der Waals surface area contributed by atoms with E-state index in [1.54, 1.807) is 16.1 Å². The van der Waals surface area contributed by atoms with E-state index >= 15 is 0 Å². The van der Waals surface area contributed by atoms with Gasteiger partial charge in [-0.2, -0.15) is 5.26 Å². The molecule has 2 fully saturated rings. The van der Waals surface area contributed by atoms with Gasteiger partial charge < -0.3 is 4.90 Å². The Labute approximate surface area is 280 Å². The first kappa shape index (κ1) is 29.6. The highest BCUT2D eigenvalue weighted by molar-refractivity contribution is 8.04. The van der Waals surface area contributed by atoms with E-state index in [1.807, 2.05) is 0 Å². The van der Waals surface area contributed by atoms with Gasteiger partial charge in [0.2, 0.25) is 0 Å². The second-order valence-electron chi connectivity index (χ2n) is 15.5. The number of nitrogens with zero attached hydrogens (tertiary/aromatic N) is 3. The van der Waals surface area contributed by atoms with Gasteiger partial charge in [-0.25, -0.2) is 0 Å². The number of thioether (sulfide) groups is 1. The van der Waals surface area contributed by atoms with Crippen LogP contribution in [0.15, 0.2) is 87.5 Å². The highest BCUT2D eigenvalue weighted by atomic mass is 32.2. The zero-order chi connectivity index (χ0) is 30.6. The van der Waals surface area contributed by atoms with Gasteiger partial charge >= 0.3 is 0 Å². The first-order chi connectivity index (χ1) is 22.8. The van der Waals surface area contributed by atoms with Crippen LogP contribution in [0.3, 0.4) is 0 Å². The van der Waals surface area contributed by atoms with Crippen molar-refractivity contribution in [2.75, 3.05) is 0 Å². The van der Waals surface area contributed by atoms with Crippen LogP contribution in [0.4, 0.5) is 0 Å². The van der Waals surface area contributed by atoms with E-state index in [0.29, 0.717) is 46.8 Å². The third-order valence-electron chi connectivity index (χ3n) is 13.0. The molecule has 0 aromatic heterocycles. The maximum Gasteiger partial charge on any atom is 0.125 e. The summed E-state index contributed by atoms with van der Waals surface area (Å²) in [5.74, 6) is 4.01. The minimum atomic E-state index is -0.262. The van der Waals surface area contributed by atoms with Crippen LogP contribution in [0.2, 0.25) is 0 Å². The van der Waals surface area contributed by atoms with Crippen molar-refractivity contribution < 1.29 is 0 Å². The molecule has 1 saturated heterocycles. The molecule has 0 spiro atoms. The van der Waals surface area contributed by atoms with Crippen molar-refractivity contribution in [2.24, 2.45) is 46.4 Å². The topological polar surface area (TPSA) is 51.4 Å². The molecule has 11 unspecified atom stereocenters. The summed E-state index contributed by atoms with van der Waals surface area (Å²) in [4.78, 5) is 10.2. The van der Waals surface area contributed by atoms with Gasteiger partial charge in [0, 0.05) is 40.8 Å². The Hall–Kier alpha value is -2.55. The third-order valence-corrected chi connectivity index (χ3v) is 14.6. The van der Waals surface area contributed by atoms with Gasteiger partial charge in [0.05, 0.1) is 6.07 Å². The van der Waals surface area contributed by atoms with Crippen molar-refractivity contribution in [2.45, 2.75) is 113 Å². The highest BCUT2D eigenvalue weighted by Gasteiger charge is 2.57. The molecule has 11 atom stereocenters. The number of nitrogens with one attached hydrogen (secondary N) is 1. The van der Waals surface area contributed by atoms with Gasteiger partial charge in [0.25, 0.3) is 0 Å². The average molecular weight is 631 g/mol. The molecule has 3 heterocycles. The third kappa shape index (κ3) is 5.00. The van der Waals surface area contributed by atoms with Crippen molar-refractivity contribution in [1.82, 2.24) is 10.2 Å². The summed E-state index contributed by atoms with van der Waals surface area (Å²) in [6, 6.07) is 3.35. The number of hydrogen-bond acceptors (Lipinski definition) is 5. The fourth-order valence-corrected chi connectivity index (χ4v) is 12.6. The fourth-order valence-electron chi connectivity index (χ4n) is 10.9. The number of likely N-dealkylation sites (tertiary alicyclic amines) is 1. The Kier molecular flexibility index (Phi) is 8.02. The Balaban J connectivity index is 1.12. The molecule has 9 rings (SSSR count). The van der Waals surface area contributed by atoms with Crippen molar-refractivity contribution in [3.63, 3.8) is 0 Å². The van der Waals surface area contributed by atoms with Crippen LogP contribution < -0.4 is 5.32 Å². The molecule has 1 saturated carbocycles. The molecule has 9 aliphatic rings. The molecule has 4 nitrogen and oxygen atoms in total. The summed E-state index contributed by atoms with van der Waals surface area (Å²) in [6.07, 6.45) is 41.5. The first-order valence-electron chi connectivity index (χ1n) is 18.8. The second kappa shape index (κ2) is 12.5. The van der Waals surface area contributed by atoms with E-state index < -0.39 is 0 Å². The number of nitriles is 1. The van der Waals surface area contributed by atoms with E-state index in [0.717, 1.165) is 25.1 Å². The predicted octanol–water partition coefficient (Wildman–Crippen LogP) is 9.15. The summed E-state index contributed by atoms with van der Waals surface area (Å²) >= 11 is 2.24. The van der Waals surface area contributed by atoms with Crippen LogP contribution in [0.25, 0.3) is 0 Å². The molecule has 46 heavy (non-hydrogen) atoms. The number of allylic oxidation sites excluding steroid dienone is 10. The highest BCUT2D eigenvalue weighted by Crippen LogP contribution is 2.60. The zero-order valence-electron chi connectivity index (χ0n) is 27.3. The number of fused-ring (bicyclic) bond motifs is 6. The number of rotatable bonds is 3. The predicted molar refractivity (Wildman–Crippen MR) is 190 cm³/mol. The average Bonchev–Trinajstić information content (AvgIpc) is 3.67. The normalized spacial score (nSPS) is 42.8. The summed E-state index contributed by atoms with van der Waals surface area (Å²) in [5.41, 5.74) is 4.78. The van der Waals surface area contributed by atoms with Crippen LogP contribution in [0, 0.1) is 52.8 Å². The molecule has 3 aliphatic heterocycles. The van der Waals surface area contributed by atoms with Crippen molar-refractivity contribution in [1.29, 1.82) is 5.26 Å². The monoisotopic (exact) mass is 630 g/mol. The van der Waals surface area contributed by atoms with Gasteiger partial charge in [-0.15, -0.1) is 11.8 Å². The molecular weight excluding hydrogens is 581 g/mol. The summed E-state index contributed by atoms with van der Waals surface area (Å²) < 4.78 is 0. The minimum absolute atomic E-state index is 0.0143. The lowest BCUT2D eigenvalue weighted by molar-refractivity contribution is 0.194. The Morgan fingerprint density at radius 3 is 2.52 bits per heavy atom. The first-order valence-corrected chi connectivity index (χ1v) is 19.7. The second-order valence-corrected chi connectivity index (χ2v) is 16.8. The maximum absolute atomic E-state index is 11.1.